The van der Waals surface area contributed by atoms with Gasteiger partial charge in [0.25, 0.3) is 11.5 Å². The van der Waals surface area contributed by atoms with Crippen LogP contribution in [0.25, 0.3) is 0 Å². The Balaban J connectivity index is 1.99. The topological polar surface area (TPSA) is 79.3 Å². The van der Waals surface area contributed by atoms with E-state index in [1.807, 2.05) is 0 Å². The molecule has 7 nitrogen and oxygen atoms in total. The van der Waals surface area contributed by atoms with E-state index in [-0.39, 0.29) is 21.2 Å². The van der Waals surface area contributed by atoms with Crippen molar-refractivity contribution < 1.29 is 58.7 Å². The average Bonchev–Trinajstić information content (AvgIpc) is 3.33. The molecule has 1 unspecified atom stereocenters. The number of rotatable bonds is 8. The lowest BCUT2D eigenvalue weighted by molar-refractivity contribution is -0.275. The minimum Gasteiger partial charge on any atom is -0.374 e. The minimum atomic E-state index is -5.30. The molecule has 2 amide bonds. The highest BCUT2D eigenvalue weighted by Crippen LogP contribution is 2.50. The molecule has 1 heterocycles. The molecule has 2 aromatic carbocycles. The highest BCUT2D eigenvalue weighted by molar-refractivity contribution is 6.34. The normalized spacial score (nSPS) is 17.3. The fourth-order valence-electron chi connectivity index (χ4n) is 4.11. The van der Waals surface area contributed by atoms with Gasteiger partial charge in [0.2, 0.25) is 5.91 Å². The SMILES string of the molecule is CN(CC(F)(F)F)C(=O)CN(CC=O)C(=O)c1ccc(C2=NOC(c3cc(Cl)cc(Cl)c3)(C(F)(F)F)C2)cc1C(F)(F)F. The summed E-state index contributed by atoms with van der Waals surface area (Å²) in [5, 5.41) is 3.00. The number of hydrogen-bond donors (Lipinski definition) is 0. The first kappa shape index (κ1) is 34.0. The van der Waals surface area contributed by atoms with Crippen molar-refractivity contribution in [2.24, 2.45) is 5.16 Å². The van der Waals surface area contributed by atoms with Crippen molar-refractivity contribution in [2.75, 3.05) is 26.7 Å². The van der Waals surface area contributed by atoms with Crippen LogP contribution in [0.1, 0.15) is 33.5 Å². The maximum absolute atomic E-state index is 14.3. The third-order valence-corrected chi connectivity index (χ3v) is 6.59. The summed E-state index contributed by atoms with van der Waals surface area (Å²) in [6, 6.07) is 4.68. The number of amides is 2. The molecular weight excluding hydrogens is 648 g/mol. The molecule has 0 saturated heterocycles. The Kier molecular flexibility index (Phi) is 9.66. The maximum Gasteiger partial charge on any atom is 0.435 e. The van der Waals surface area contributed by atoms with Crippen molar-refractivity contribution in [3.8, 4) is 0 Å². The summed E-state index contributed by atoms with van der Waals surface area (Å²) >= 11 is 11.7. The van der Waals surface area contributed by atoms with Gasteiger partial charge in [0.05, 0.1) is 23.4 Å². The van der Waals surface area contributed by atoms with Gasteiger partial charge in [0.15, 0.2) is 0 Å². The summed E-state index contributed by atoms with van der Waals surface area (Å²) in [5.74, 6) is -2.89. The van der Waals surface area contributed by atoms with Gasteiger partial charge in [-0.3, -0.25) is 9.59 Å². The molecule has 0 radical (unpaired) electrons. The molecular formula is C25H18Cl2F9N3O4. The van der Waals surface area contributed by atoms with E-state index >= 15 is 0 Å². The number of likely N-dealkylation sites (N-methyl/N-ethyl adjacent to an activating group) is 1. The van der Waals surface area contributed by atoms with E-state index < -0.39 is 90.0 Å². The van der Waals surface area contributed by atoms with Crippen LogP contribution in [0.5, 0.6) is 0 Å². The van der Waals surface area contributed by atoms with Crippen molar-refractivity contribution in [3.63, 3.8) is 0 Å². The summed E-state index contributed by atoms with van der Waals surface area (Å²) in [6.07, 6.45) is -16.4. The lowest BCUT2D eigenvalue weighted by Gasteiger charge is -2.29. The largest absolute Gasteiger partial charge is 0.435 e. The molecule has 0 bridgehead atoms. The second-order valence-corrected chi connectivity index (χ2v) is 10.1. The van der Waals surface area contributed by atoms with E-state index in [0.29, 0.717) is 17.0 Å². The number of carbonyl (C=O) groups is 3. The first-order valence-electron chi connectivity index (χ1n) is 11.7. The molecule has 0 N–H and O–H groups in total. The van der Waals surface area contributed by atoms with Gasteiger partial charge < -0.3 is 19.4 Å². The molecule has 2 aromatic rings. The maximum atomic E-state index is 14.3. The molecule has 1 atom stereocenters. The number of benzene rings is 2. The predicted octanol–water partition coefficient (Wildman–Crippen LogP) is 6.26. The number of oxime groups is 1. The van der Waals surface area contributed by atoms with Crippen molar-refractivity contribution in [1.29, 1.82) is 0 Å². The Morgan fingerprint density at radius 2 is 1.60 bits per heavy atom. The first-order valence-corrected chi connectivity index (χ1v) is 12.5. The molecule has 0 spiro atoms. The number of hydrogen-bond acceptors (Lipinski definition) is 5. The third kappa shape index (κ3) is 7.71. The molecule has 0 fully saturated rings. The van der Waals surface area contributed by atoms with Crippen molar-refractivity contribution >= 4 is 47.0 Å². The van der Waals surface area contributed by atoms with Crippen LogP contribution >= 0.6 is 23.2 Å². The smallest absolute Gasteiger partial charge is 0.374 e. The van der Waals surface area contributed by atoms with E-state index in [0.717, 1.165) is 31.3 Å². The molecule has 0 aromatic heterocycles. The number of nitrogens with zero attached hydrogens (tertiary/aromatic N) is 3. The van der Waals surface area contributed by atoms with E-state index in [2.05, 4.69) is 5.16 Å². The Labute approximate surface area is 246 Å². The summed E-state index contributed by atoms with van der Waals surface area (Å²) in [6.45, 7) is -3.87. The van der Waals surface area contributed by atoms with E-state index in [9.17, 15) is 53.9 Å². The first-order chi connectivity index (χ1) is 19.7. The fraction of sp³-hybridized carbons (Fsp3) is 0.360. The molecule has 18 heteroatoms. The Hall–Kier alpha value is -3.53. The highest BCUT2D eigenvalue weighted by Gasteiger charge is 2.62. The van der Waals surface area contributed by atoms with E-state index in [1.54, 1.807) is 0 Å². The zero-order valence-electron chi connectivity index (χ0n) is 21.5. The quantitative estimate of drug-likeness (QED) is 0.247. The lowest BCUT2D eigenvalue weighted by atomic mass is 9.86. The van der Waals surface area contributed by atoms with Crippen LogP contribution in [-0.2, 0) is 26.2 Å². The predicted molar refractivity (Wildman–Crippen MR) is 134 cm³/mol. The molecule has 43 heavy (non-hydrogen) atoms. The standard InChI is InChI=1S/C25H18Cl2F9N3O4/c1-38(12-23(28,29)30)20(41)11-39(4-5-40)21(42)17-3-2-13(6-18(17)24(31,32)33)19-10-22(43-37-19,25(34,35)36)14-7-15(26)9-16(27)8-14/h2-3,5-9H,4,10-12H2,1H3. The van der Waals surface area contributed by atoms with Crippen LogP contribution in [-0.4, -0.2) is 72.6 Å². The van der Waals surface area contributed by atoms with Gasteiger partial charge in [0.1, 0.15) is 19.4 Å². The van der Waals surface area contributed by atoms with Gasteiger partial charge in [-0.1, -0.05) is 34.4 Å². The molecule has 1 aliphatic rings. The molecule has 0 aliphatic carbocycles. The molecule has 1 aliphatic heterocycles. The number of halogens is 11. The zero-order valence-corrected chi connectivity index (χ0v) is 23.0. The van der Waals surface area contributed by atoms with Crippen LogP contribution in [0.2, 0.25) is 10.0 Å². The number of carbonyl (C=O) groups excluding carboxylic acids is 3. The fourth-order valence-corrected chi connectivity index (χ4v) is 4.64. The van der Waals surface area contributed by atoms with Crippen LogP contribution in [0, 0.1) is 0 Å². The van der Waals surface area contributed by atoms with E-state index in [4.69, 9.17) is 28.0 Å². The molecule has 3 rings (SSSR count). The monoisotopic (exact) mass is 665 g/mol. The van der Waals surface area contributed by atoms with Crippen LogP contribution in [0.4, 0.5) is 39.5 Å². The van der Waals surface area contributed by atoms with Crippen molar-refractivity contribution in [3.05, 3.63) is 68.7 Å². The minimum absolute atomic E-state index is 0.0417. The van der Waals surface area contributed by atoms with Crippen molar-refractivity contribution in [1.82, 2.24) is 9.80 Å². The Morgan fingerprint density at radius 3 is 2.12 bits per heavy atom. The van der Waals surface area contributed by atoms with Crippen LogP contribution in [0.15, 0.2) is 41.6 Å². The Bertz CT molecular complexity index is 1420. The van der Waals surface area contributed by atoms with E-state index in [1.165, 1.54) is 0 Å². The van der Waals surface area contributed by atoms with Gasteiger partial charge in [-0.2, -0.15) is 39.5 Å². The van der Waals surface area contributed by atoms with Gasteiger partial charge in [-0.15, -0.1) is 0 Å². The zero-order chi connectivity index (χ0) is 32.5. The summed E-state index contributed by atoms with van der Waals surface area (Å²) in [4.78, 5) is 41.5. The third-order valence-electron chi connectivity index (χ3n) is 6.15. The second kappa shape index (κ2) is 12.2. The summed E-state index contributed by atoms with van der Waals surface area (Å²) in [5.41, 5.74) is -7.68. The van der Waals surface area contributed by atoms with Gasteiger partial charge in [-0.05, 0) is 30.3 Å². The highest BCUT2D eigenvalue weighted by atomic mass is 35.5. The van der Waals surface area contributed by atoms with Gasteiger partial charge >= 0.3 is 18.5 Å². The van der Waals surface area contributed by atoms with Crippen molar-refractivity contribution in [2.45, 2.75) is 30.6 Å². The number of aldehydes is 1. The summed E-state index contributed by atoms with van der Waals surface area (Å²) in [7, 11) is 0.734. The van der Waals surface area contributed by atoms with Gasteiger partial charge in [0, 0.05) is 34.6 Å². The Morgan fingerprint density at radius 1 is 1.00 bits per heavy atom. The lowest BCUT2D eigenvalue weighted by Crippen LogP contribution is -2.45. The summed E-state index contributed by atoms with van der Waals surface area (Å²) < 4.78 is 123. The average molecular weight is 666 g/mol. The second-order valence-electron chi connectivity index (χ2n) is 9.26. The molecule has 0 saturated carbocycles. The van der Waals surface area contributed by atoms with Gasteiger partial charge in [-0.25, -0.2) is 0 Å². The van der Waals surface area contributed by atoms with Crippen LogP contribution in [0.3, 0.4) is 0 Å². The van der Waals surface area contributed by atoms with Crippen LogP contribution < -0.4 is 0 Å². The molecule has 234 valence electrons. The number of alkyl halides is 9.